The standard InChI is InChI=1S/C27H23Cl2N3O5/c1-35-20-10-15(11-21(36-2)26(20)37-3)25-22-23(17-12-16(28)8-9-19(17)33)30-31-24(22)27(34)32(25)13-14-6-4-5-7-18(14)29/h4-12,25,33H,13H2,1-3H3,(H,30,31). The highest BCUT2D eigenvalue weighted by Crippen LogP contribution is 2.49. The second-order valence-corrected chi connectivity index (χ2v) is 9.25. The molecule has 0 aliphatic carbocycles. The topological polar surface area (TPSA) is 96.9 Å². The molecule has 0 spiro atoms. The lowest BCUT2D eigenvalue weighted by Crippen LogP contribution is -2.29. The highest BCUT2D eigenvalue weighted by Gasteiger charge is 2.43. The fraction of sp³-hybridized carbons (Fsp3) is 0.185. The number of phenols is 1. The number of hydrogen-bond acceptors (Lipinski definition) is 6. The Morgan fingerprint density at radius 2 is 1.70 bits per heavy atom. The molecule has 4 aromatic rings. The number of carbonyl (C=O) groups excluding carboxylic acids is 1. The van der Waals surface area contributed by atoms with E-state index in [0.717, 1.165) is 5.56 Å². The molecule has 0 radical (unpaired) electrons. The molecule has 190 valence electrons. The molecular formula is C27H23Cl2N3O5. The van der Waals surface area contributed by atoms with Crippen LogP contribution in [0.25, 0.3) is 11.3 Å². The Morgan fingerprint density at radius 1 is 1.00 bits per heavy atom. The lowest BCUT2D eigenvalue weighted by atomic mass is 9.95. The monoisotopic (exact) mass is 539 g/mol. The molecule has 3 aromatic carbocycles. The summed E-state index contributed by atoms with van der Waals surface area (Å²) in [4.78, 5) is 15.5. The van der Waals surface area contributed by atoms with E-state index in [2.05, 4.69) is 10.2 Å². The highest BCUT2D eigenvalue weighted by atomic mass is 35.5. The number of fused-ring (bicyclic) bond motifs is 1. The van der Waals surface area contributed by atoms with Gasteiger partial charge in [-0.05, 0) is 47.5 Å². The van der Waals surface area contributed by atoms with Gasteiger partial charge in [0.2, 0.25) is 5.75 Å². The molecule has 10 heteroatoms. The van der Waals surface area contributed by atoms with Gasteiger partial charge in [-0.25, -0.2) is 0 Å². The van der Waals surface area contributed by atoms with Gasteiger partial charge in [-0.15, -0.1) is 0 Å². The summed E-state index contributed by atoms with van der Waals surface area (Å²) >= 11 is 12.7. The first-order valence-corrected chi connectivity index (χ1v) is 12.0. The van der Waals surface area contributed by atoms with Gasteiger partial charge in [-0.3, -0.25) is 9.89 Å². The van der Waals surface area contributed by atoms with Crippen molar-refractivity contribution in [1.29, 1.82) is 0 Å². The summed E-state index contributed by atoms with van der Waals surface area (Å²) in [5, 5.41) is 18.9. The Kier molecular flexibility index (Phi) is 6.62. The fourth-order valence-corrected chi connectivity index (χ4v) is 5.05. The van der Waals surface area contributed by atoms with Crippen LogP contribution in [-0.2, 0) is 6.54 Å². The van der Waals surface area contributed by atoms with Gasteiger partial charge < -0.3 is 24.2 Å². The number of halogens is 2. The Balaban J connectivity index is 1.74. The van der Waals surface area contributed by atoms with Crippen LogP contribution in [-0.4, -0.2) is 47.4 Å². The van der Waals surface area contributed by atoms with Crippen molar-refractivity contribution in [3.8, 4) is 34.3 Å². The van der Waals surface area contributed by atoms with Gasteiger partial charge in [-0.2, -0.15) is 5.10 Å². The van der Waals surface area contributed by atoms with E-state index in [1.165, 1.54) is 27.4 Å². The van der Waals surface area contributed by atoms with E-state index in [1.54, 1.807) is 35.2 Å². The van der Waals surface area contributed by atoms with Crippen LogP contribution in [0.4, 0.5) is 0 Å². The second kappa shape index (κ2) is 9.88. The van der Waals surface area contributed by atoms with Crippen molar-refractivity contribution < 1.29 is 24.1 Å². The second-order valence-electron chi connectivity index (χ2n) is 8.41. The number of benzene rings is 3. The summed E-state index contributed by atoms with van der Waals surface area (Å²) in [5.41, 5.74) is 3.17. The zero-order valence-corrected chi connectivity index (χ0v) is 21.7. The maximum absolute atomic E-state index is 13.8. The van der Waals surface area contributed by atoms with Crippen LogP contribution in [0, 0.1) is 0 Å². The molecule has 0 saturated heterocycles. The van der Waals surface area contributed by atoms with E-state index < -0.39 is 6.04 Å². The molecule has 8 nitrogen and oxygen atoms in total. The van der Waals surface area contributed by atoms with Gasteiger partial charge in [0.15, 0.2) is 11.5 Å². The van der Waals surface area contributed by atoms with Gasteiger partial charge in [0, 0.05) is 27.7 Å². The van der Waals surface area contributed by atoms with Crippen molar-refractivity contribution in [3.63, 3.8) is 0 Å². The highest BCUT2D eigenvalue weighted by molar-refractivity contribution is 6.31. The third kappa shape index (κ3) is 4.22. The third-order valence-electron chi connectivity index (χ3n) is 6.38. The van der Waals surface area contributed by atoms with Crippen LogP contribution < -0.4 is 14.2 Å². The molecule has 1 unspecified atom stereocenters. The predicted octanol–water partition coefficient (Wildman–Crippen LogP) is 5.86. The van der Waals surface area contributed by atoms with Crippen LogP contribution in [0.15, 0.2) is 54.6 Å². The summed E-state index contributed by atoms with van der Waals surface area (Å²) < 4.78 is 16.7. The Bertz CT molecular complexity index is 1480. The number of rotatable bonds is 7. The summed E-state index contributed by atoms with van der Waals surface area (Å²) in [7, 11) is 4.58. The molecule has 1 aromatic heterocycles. The SMILES string of the molecule is COc1cc(C2c3c(-c4cc(Cl)ccc4O)n[nH]c3C(=O)N2Cc2ccccc2Cl)cc(OC)c1OC. The van der Waals surface area contributed by atoms with Crippen LogP contribution >= 0.6 is 23.2 Å². The Labute approximate surface area is 223 Å². The largest absolute Gasteiger partial charge is 0.507 e. The van der Waals surface area contributed by atoms with Crippen LogP contribution in [0.1, 0.15) is 33.2 Å². The molecule has 2 N–H and O–H groups in total. The quantitative estimate of drug-likeness (QED) is 0.305. The Morgan fingerprint density at radius 3 is 2.35 bits per heavy atom. The third-order valence-corrected chi connectivity index (χ3v) is 6.98. The summed E-state index contributed by atoms with van der Waals surface area (Å²) in [5.74, 6) is 1.02. The number of hydrogen-bond donors (Lipinski definition) is 2. The lowest BCUT2D eigenvalue weighted by molar-refractivity contribution is 0.0729. The van der Waals surface area contributed by atoms with Gasteiger partial charge in [0.25, 0.3) is 5.91 Å². The molecule has 0 saturated carbocycles. The number of H-pyrrole nitrogens is 1. The molecule has 1 aliphatic heterocycles. The van der Waals surface area contributed by atoms with Gasteiger partial charge in [0.05, 0.1) is 27.4 Å². The molecule has 0 bridgehead atoms. The Hall–Kier alpha value is -3.88. The van der Waals surface area contributed by atoms with E-state index in [1.807, 2.05) is 18.2 Å². The number of nitrogens with one attached hydrogen (secondary N) is 1. The number of phenolic OH excluding ortho intramolecular Hbond substituents is 1. The average molecular weight is 540 g/mol. The van der Waals surface area contributed by atoms with E-state index in [-0.39, 0.29) is 18.2 Å². The number of nitrogens with zero attached hydrogens (tertiary/aromatic N) is 2. The van der Waals surface area contributed by atoms with Gasteiger partial charge in [-0.1, -0.05) is 41.4 Å². The van der Waals surface area contributed by atoms with Gasteiger partial charge >= 0.3 is 0 Å². The fourth-order valence-electron chi connectivity index (χ4n) is 4.68. The molecular weight excluding hydrogens is 517 g/mol. The minimum absolute atomic E-state index is 0.0145. The number of aromatic amines is 1. The molecule has 1 amide bonds. The zero-order chi connectivity index (χ0) is 26.3. The zero-order valence-electron chi connectivity index (χ0n) is 20.2. The smallest absolute Gasteiger partial charge is 0.273 e. The van der Waals surface area contributed by atoms with E-state index >= 15 is 0 Å². The van der Waals surface area contributed by atoms with Crippen LogP contribution in [0.5, 0.6) is 23.0 Å². The van der Waals surface area contributed by atoms with Crippen molar-refractivity contribution in [1.82, 2.24) is 15.1 Å². The number of aromatic hydroxyl groups is 1. The first-order valence-electron chi connectivity index (χ1n) is 11.3. The maximum atomic E-state index is 13.8. The minimum atomic E-state index is -0.625. The van der Waals surface area contributed by atoms with Gasteiger partial charge in [0.1, 0.15) is 17.1 Å². The first kappa shape index (κ1) is 24.8. The number of methoxy groups -OCH3 is 3. The first-order chi connectivity index (χ1) is 17.9. The molecule has 2 heterocycles. The van der Waals surface area contributed by atoms with Crippen LogP contribution in [0.3, 0.4) is 0 Å². The van der Waals surface area contributed by atoms with Crippen molar-refractivity contribution in [3.05, 3.63) is 87.0 Å². The van der Waals surface area contributed by atoms with E-state index in [9.17, 15) is 9.90 Å². The molecule has 37 heavy (non-hydrogen) atoms. The predicted molar refractivity (Wildman–Crippen MR) is 140 cm³/mol. The number of amides is 1. The van der Waals surface area contributed by atoms with Crippen LogP contribution in [0.2, 0.25) is 10.0 Å². The summed E-state index contributed by atoms with van der Waals surface area (Å²) in [6, 6.07) is 15.0. The number of ether oxygens (including phenoxy) is 3. The summed E-state index contributed by atoms with van der Waals surface area (Å²) in [6.45, 7) is 0.226. The average Bonchev–Trinajstić information content (AvgIpc) is 3.44. The van der Waals surface area contributed by atoms with E-state index in [4.69, 9.17) is 37.4 Å². The number of aromatic nitrogens is 2. The van der Waals surface area contributed by atoms with Crippen molar-refractivity contribution >= 4 is 29.1 Å². The molecule has 0 fully saturated rings. The normalized spacial score (nSPS) is 14.6. The molecule has 5 rings (SSSR count). The number of carbonyl (C=O) groups is 1. The lowest BCUT2D eigenvalue weighted by Gasteiger charge is -2.28. The van der Waals surface area contributed by atoms with Crippen molar-refractivity contribution in [2.24, 2.45) is 0 Å². The molecule has 1 aliphatic rings. The van der Waals surface area contributed by atoms with Crippen molar-refractivity contribution in [2.75, 3.05) is 21.3 Å². The maximum Gasteiger partial charge on any atom is 0.273 e. The summed E-state index contributed by atoms with van der Waals surface area (Å²) in [6.07, 6.45) is 0. The molecule has 1 atom stereocenters. The van der Waals surface area contributed by atoms with Crippen molar-refractivity contribution in [2.45, 2.75) is 12.6 Å². The van der Waals surface area contributed by atoms with E-state index in [0.29, 0.717) is 55.4 Å². The minimum Gasteiger partial charge on any atom is -0.507 e.